The summed E-state index contributed by atoms with van der Waals surface area (Å²) in [6.07, 6.45) is 21.4. The summed E-state index contributed by atoms with van der Waals surface area (Å²) < 4.78 is 6.23. The molecule has 0 aliphatic carbocycles. The Kier molecular flexibility index (Phi) is 41.4. The number of rotatable bonds is 22. The average Bonchev–Trinajstić information content (AvgIpc) is 4.08. The molecule has 0 aromatic heterocycles. The van der Waals surface area contributed by atoms with Crippen LogP contribution in [-0.2, 0) is 63.2 Å². The second-order valence-electron chi connectivity index (χ2n) is 18.0. The zero-order valence-electron chi connectivity index (χ0n) is 44.9. The van der Waals surface area contributed by atoms with Crippen LogP contribution < -0.4 is 38.1 Å². The molecule has 2 saturated heterocycles. The van der Waals surface area contributed by atoms with E-state index in [4.69, 9.17) is 24.9 Å². The number of amides is 5. The third-order valence-electron chi connectivity index (χ3n) is 12.9. The third-order valence-corrected chi connectivity index (χ3v) is 12.9. The quantitative estimate of drug-likeness (QED) is 0.0318. The molecule has 4 heterocycles. The number of likely N-dealkylation sites (tertiary alicyclic amines) is 2. The zero-order chi connectivity index (χ0) is 55.5. The summed E-state index contributed by atoms with van der Waals surface area (Å²) in [4.78, 5) is 94.8. The molecule has 19 heteroatoms. The molecule has 19 nitrogen and oxygen atoms in total. The fraction of sp³-hybridized carbons (Fsp3) is 0.611. The molecule has 73 heavy (non-hydrogen) atoms. The lowest BCUT2D eigenvalue weighted by Gasteiger charge is -2.38. The summed E-state index contributed by atoms with van der Waals surface area (Å²) >= 11 is 0. The maximum Gasteiger partial charge on any atom is 0.254 e. The summed E-state index contributed by atoms with van der Waals surface area (Å²) in [5.74, 6) is 5.53. The van der Waals surface area contributed by atoms with Crippen molar-refractivity contribution in [3.8, 4) is 5.75 Å². The minimum absolute atomic E-state index is 0.00292. The number of nitrogens with zero attached hydrogens (tertiary/aromatic N) is 3. The molecule has 412 valence electrons. The Morgan fingerprint density at radius 2 is 1.47 bits per heavy atom. The predicted octanol–water partition coefficient (Wildman–Crippen LogP) is 4.11. The van der Waals surface area contributed by atoms with E-state index in [1.54, 1.807) is 17.4 Å². The second kappa shape index (κ2) is 43.7. The minimum Gasteiger partial charge on any atom is -0.492 e. The number of unbranched alkanes of at least 4 members (excludes halogenated alkanes) is 6. The lowest BCUT2D eigenvalue weighted by molar-refractivity contribution is -0.121. The summed E-state index contributed by atoms with van der Waals surface area (Å²) in [6, 6.07) is 13.9. The molecule has 2 aromatic rings. The van der Waals surface area contributed by atoms with Gasteiger partial charge in [-0.15, -0.1) is 0 Å². The lowest BCUT2D eigenvalue weighted by Crippen LogP contribution is -2.43. The van der Waals surface area contributed by atoms with E-state index in [0.29, 0.717) is 63.7 Å². The van der Waals surface area contributed by atoms with Gasteiger partial charge in [0.25, 0.3) is 5.91 Å². The number of carbonyl (C=O) groups excluding carboxylic acids is 9. The Morgan fingerprint density at radius 1 is 0.863 bits per heavy atom. The van der Waals surface area contributed by atoms with E-state index < -0.39 is 0 Å². The van der Waals surface area contributed by atoms with Crippen LogP contribution in [0.3, 0.4) is 0 Å². The highest BCUT2D eigenvalue weighted by atomic mass is 16.5. The van der Waals surface area contributed by atoms with Gasteiger partial charge in [-0.2, -0.15) is 0 Å². The number of nitrogens with one attached hydrogen (secondary N) is 3. The molecule has 0 radical (unpaired) electrons. The van der Waals surface area contributed by atoms with Gasteiger partial charge >= 0.3 is 0 Å². The lowest BCUT2D eigenvalue weighted by atomic mass is 9.74. The molecular weight excluding hydrogens is 935 g/mol. The maximum absolute atomic E-state index is 12.3. The standard InChI is InChI=1S/C27H39N3O3.C13H18O.C6H11NO2.C4H10N2O.CH4N2O.CH5N.2CH2O/c1-20-8-9-21(30(20)19-31)7-5-3-4-6-14-29-15-12-27(13-16-29)18-33-25-23-17-28(2)26(32)22(23)10-11-24(25)27;1-2-12-7-9-13(10-8-12)6-4-3-5-11-14;1-7-6(9)4-2-3-5-8;1-4(5)2-6-3-7;2-3-1-4;3*1-2/h10-11,19-21H,3-9,12-18H2,1-2H3;7-11H,2-6H2,1H3;5H,2-4H2,1H3,(H,7,9);3-4H,2,5H2,1H3,(H,6,7);1H,2H2,(H,3,4);2H2,1H3;2*1H2. The molecule has 4 aliphatic rings. The van der Waals surface area contributed by atoms with Crippen molar-refractivity contribution < 1.29 is 47.9 Å². The highest BCUT2D eigenvalue weighted by molar-refractivity contribution is 5.99. The molecular formula is C54H91N9O10. The van der Waals surface area contributed by atoms with Crippen LogP contribution in [0.1, 0.15) is 150 Å². The topological polar surface area (TPSA) is 287 Å². The van der Waals surface area contributed by atoms with Gasteiger partial charge in [-0.05, 0) is 128 Å². The van der Waals surface area contributed by atoms with Gasteiger partial charge in [0.2, 0.25) is 25.1 Å². The van der Waals surface area contributed by atoms with E-state index in [2.05, 4.69) is 71.3 Å². The van der Waals surface area contributed by atoms with Gasteiger partial charge in [0.05, 0.1) is 13.2 Å². The van der Waals surface area contributed by atoms with Crippen LogP contribution in [-0.4, -0.2) is 144 Å². The van der Waals surface area contributed by atoms with Crippen LogP contribution in [0.2, 0.25) is 0 Å². The fourth-order valence-electron chi connectivity index (χ4n) is 8.84. The number of hydrogen-bond donors (Lipinski definition) is 6. The molecule has 1 spiro atoms. The van der Waals surface area contributed by atoms with E-state index in [1.807, 2.05) is 38.5 Å². The smallest absolute Gasteiger partial charge is 0.254 e. The molecule has 5 amide bonds. The van der Waals surface area contributed by atoms with Crippen LogP contribution in [0.25, 0.3) is 0 Å². The molecule has 6 rings (SSSR count). The van der Waals surface area contributed by atoms with Crippen LogP contribution in [0.15, 0.2) is 36.4 Å². The number of benzene rings is 2. The van der Waals surface area contributed by atoms with E-state index in [0.717, 1.165) is 101 Å². The van der Waals surface area contributed by atoms with Crippen molar-refractivity contribution in [2.24, 2.45) is 17.3 Å². The Hall–Kier alpha value is -5.89. The fourth-order valence-corrected chi connectivity index (χ4v) is 8.84. The SMILES string of the molecule is C=O.C=O.CC(N)CNC=O.CC1CCC(CCCCCCN2CCC3(CC2)COc2c3ccc3c2CN(C)C3=O)N1C=O.CCc1ccc(CCCCC=O)cc1.CN.CNC(=O)CCCC=O.NNC=O. The summed E-state index contributed by atoms with van der Waals surface area (Å²) in [5, 5.41) is 4.91. The van der Waals surface area contributed by atoms with Gasteiger partial charge in [-0.25, -0.2) is 5.84 Å². The number of carbonyl (C=O) groups is 9. The van der Waals surface area contributed by atoms with Gasteiger partial charge < -0.3 is 60.7 Å². The predicted molar refractivity (Wildman–Crippen MR) is 287 cm³/mol. The van der Waals surface area contributed by atoms with Gasteiger partial charge in [0.1, 0.15) is 31.9 Å². The van der Waals surface area contributed by atoms with Gasteiger partial charge in [0, 0.05) is 80.1 Å². The molecule has 3 unspecified atom stereocenters. The molecule has 0 saturated carbocycles. The van der Waals surface area contributed by atoms with Crippen LogP contribution in [0.5, 0.6) is 5.75 Å². The number of fused-ring (bicyclic) bond motifs is 4. The van der Waals surface area contributed by atoms with Crippen molar-refractivity contribution >= 4 is 57.2 Å². The minimum atomic E-state index is -0.00292. The maximum atomic E-state index is 12.3. The van der Waals surface area contributed by atoms with Crippen molar-refractivity contribution in [3.05, 3.63) is 64.2 Å². The van der Waals surface area contributed by atoms with Crippen LogP contribution in [0.4, 0.5) is 0 Å². The largest absolute Gasteiger partial charge is 0.492 e. The highest BCUT2D eigenvalue weighted by Gasteiger charge is 2.45. The molecule has 9 N–H and O–H groups in total. The highest BCUT2D eigenvalue weighted by Crippen LogP contribution is 2.49. The van der Waals surface area contributed by atoms with Crippen molar-refractivity contribution in [2.75, 3.05) is 53.9 Å². The van der Waals surface area contributed by atoms with Crippen LogP contribution in [0, 0.1) is 0 Å². The van der Waals surface area contributed by atoms with E-state index in [-0.39, 0.29) is 23.3 Å². The molecule has 2 fully saturated rings. The number of aryl methyl sites for hydroxylation is 2. The van der Waals surface area contributed by atoms with Crippen LogP contribution >= 0.6 is 0 Å². The van der Waals surface area contributed by atoms with Crippen molar-refractivity contribution in [3.63, 3.8) is 0 Å². The van der Waals surface area contributed by atoms with E-state index >= 15 is 0 Å². The number of hydrazine groups is 1. The normalized spacial score (nSPS) is 16.5. The molecule has 0 bridgehead atoms. The summed E-state index contributed by atoms with van der Waals surface area (Å²) in [5.41, 5.74) is 17.7. The molecule has 3 atom stereocenters. The van der Waals surface area contributed by atoms with E-state index in [9.17, 15) is 28.8 Å². The number of nitrogens with two attached hydrogens (primary N) is 3. The number of hydrogen-bond acceptors (Lipinski definition) is 14. The Labute approximate surface area is 435 Å². The van der Waals surface area contributed by atoms with Gasteiger partial charge in [-0.1, -0.05) is 56.5 Å². The zero-order valence-corrected chi connectivity index (χ0v) is 44.9. The average molecular weight is 1030 g/mol. The first kappa shape index (κ1) is 69.2. The second-order valence-corrected chi connectivity index (χ2v) is 18.0. The van der Waals surface area contributed by atoms with Crippen molar-refractivity contribution in [1.29, 1.82) is 0 Å². The number of ether oxygens (including phenoxy) is 1. The molecule has 2 aromatic carbocycles. The van der Waals surface area contributed by atoms with Gasteiger partial charge in [-0.3, -0.25) is 29.4 Å². The first-order valence-corrected chi connectivity index (χ1v) is 25.5. The number of piperidine rings is 1. The number of aldehydes is 2. The first-order chi connectivity index (χ1) is 35.4. The monoisotopic (exact) mass is 1030 g/mol. The first-order valence-electron chi connectivity index (χ1n) is 25.5. The third kappa shape index (κ3) is 26.6. The molecule has 4 aliphatic heterocycles. The van der Waals surface area contributed by atoms with E-state index in [1.165, 1.54) is 68.8 Å². The van der Waals surface area contributed by atoms with Crippen molar-refractivity contribution in [1.82, 2.24) is 30.8 Å². The summed E-state index contributed by atoms with van der Waals surface area (Å²) in [7, 11) is 4.95. The van der Waals surface area contributed by atoms with Crippen molar-refractivity contribution in [2.45, 2.75) is 160 Å². The summed E-state index contributed by atoms with van der Waals surface area (Å²) in [6.45, 7) is 15.6. The Balaban J connectivity index is 0. The Morgan fingerprint density at radius 3 is 2.00 bits per heavy atom. The van der Waals surface area contributed by atoms with Gasteiger partial charge in [0.15, 0.2) is 0 Å². The Bertz CT molecular complexity index is 1810.